The minimum Gasteiger partial charge on any atom is -0.324 e. The first-order valence-corrected chi connectivity index (χ1v) is 7.64. The first-order chi connectivity index (χ1) is 8.75. The molecule has 0 heterocycles. The summed E-state index contributed by atoms with van der Waals surface area (Å²) in [7, 11) is 0. The zero-order valence-electron chi connectivity index (χ0n) is 11.5. The monoisotopic (exact) mass is 243 g/mol. The van der Waals surface area contributed by atoms with Crippen molar-refractivity contribution in [2.45, 2.75) is 69.7 Å². The van der Waals surface area contributed by atoms with Gasteiger partial charge in [0.25, 0.3) is 0 Å². The molecule has 0 bridgehead atoms. The molecule has 0 aromatic heterocycles. The first kappa shape index (κ1) is 12.2. The Morgan fingerprint density at radius 2 is 1.94 bits per heavy atom. The summed E-state index contributed by atoms with van der Waals surface area (Å²) in [5.41, 5.74) is 11.3. The molecule has 1 aromatic carbocycles. The summed E-state index contributed by atoms with van der Waals surface area (Å²) in [6.45, 7) is 2.25. The number of hydrogen-bond donors (Lipinski definition) is 1. The normalized spacial score (nSPS) is 26.0. The Labute approximate surface area is 111 Å². The molecule has 1 saturated carbocycles. The predicted octanol–water partition coefficient (Wildman–Crippen LogP) is 4.24. The molecule has 0 radical (unpaired) electrons. The van der Waals surface area contributed by atoms with Gasteiger partial charge in [-0.3, -0.25) is 0 Å². The van der Waals surface area contributed by atoms with Crippen LogP contribution >= 0.6 is 0 Å². The number of fused-ring (bicyclic) bond motifs is 2. The molecule has 2 aliphatic carbocycles. The van der Waals surface area contributed by atoms with Gasteiger partial charge in [0.2, 0.25) is 0 Å². The third kappa shape index (κ3) is 1.89. The van der Waals surface area contributed by atoms with Gasteiger partial charge in [-0.15, -0.1) is 0 Å². The van der Waals surface area contributed by atoms with E-state index in [4.69, 9.17) is 5.73 Å². The van der Waals surface area contributed by atoms with E-state index in [9.17, 15) is 0 Å². The summed E-state index contributed by atoms with van der Waals surface area (Å²) < 4.78 is 0. The van der Waals surface area contributed by atoms with Gasteiger partial charge in [-0.2, -0.15) is 0 Å². The van der Waals surface area contributed by atoms with E-state index in [0.717, 1.165) is 6.42 Å². The first-order valence-electron chi connectivity index (χ1n) is 7.64. The molecule has 0 aliphatic heterocycles. The minimum absolute atomic E-state index is 0.276. The van der Waals surface area contributed by atoms with Crippen molar-refractivity contribution >= 4 is 0 Å². The Bertz CT molecular complexity index is 429. The van der Waals surface area contributed by atoms with Gasteiger partial charge in [0.15, 0.2) is 0 Å². The van der Waals surface area contributed by atoms with Crippen LogP contribution in [0.3, 0.4) is 0 Å². The molecule has 2 aliphatic rings. The van der Waals surface area contributed by atoms with Crippen LogP contribution < -0.4 is 5.73 Å². The van der Waals surface area contributed by atoms with Crippen molar-refractivity contribution in [2.24, 2.45) is 5.73 Å². The lowest BCUT2D eigenvalue weighted by molar-refractivity contribution is 0.244. The number of benzene rings is 1. The second-order valence-electron chi connectivity index (χ2n) is 6.26. The molecule has 1 spiro atoms. The molecular formula is C17H25N. The van der Waals surface area contributed by atoms with Gasteiger partial charge >= 0.3 is 0 Å². The summed E-state index contributed by atoms with van der Waals surface area (Å²) in [5, 5.41) is 0. The van der Waals surface area contributed by atoms with Gasteiger partial charge < -0.3 is 5.73 Å². The van der Waals surface area contributed by atoms with Gasteiger partial charge in [-0.25, -0.2) is 0 Å². The third-order valence-corrected chi connectivity index (χ3v) is 5.24. The van der Waals surface area contributed by atoms with Crippen molar-refractivity contribution in [2.75, 3.05) is 0 Å². The van der Waals surface area contributed by atoms with Crippen LogP contribution in [-0.4, -0.2) is 0 Å². The second-order valence-corrected chi connectivity index (χ2v) is 6.26. The summed E-state index contributed by atoms with van der Waals surface area (Å²) in [4.78, 5) is 0. The van der Waals surface area contributed by atoms with Gasteiger partial charge in [0, 0.05) is 6.04 Å². The van der Waals surface area contributed by atoms with E-state index in [2.05, 4.69) is 25.1 Å². The molecule has 18 heavy (non-hydrogen) atoms. The zero-order chi connectivity index (χ0) is 12.6. The Morgan fingerprint density at radius 1 is 1.17 bits per heavy atom. The van der Waals surface area contributed by atoms with E-state index < -0.39 is 0 Å². The average Bonchev–Trinajstić information content (AvgIpc) is 2.44. The maximum Gasteiger partial charge on any atom is 0.0298 e. The highest BCUT2D eigenvalue weighted by Crippen LogP contribution is 2.49. The molecule has 1 unspecified atom stereocenters. The molecule has 1 heteroatoms. The van der Waals surface area contributed by atoms with Crippen molar-refractivity contribution in [3.05, 3.63) is 34.9 Å². The highest BCUT2D eigenvalue weighted by atomic mass is 14.7. The fraction of sp³-hybridized carbons (Fsp3) is 0.647. The lowest BCUT2D eigenvalue weighted by Crippen LogP contribution is -2.36. The van der Waals surface area contributed by atoms with E-state index in [0.29, 0.717) is 5.41 Å². The highest BCUT2D eigenvalue weighted by molar-refractivity contribution is 5.42. The van der Waals surface area contributed by atoms with E-state index in [1.807, 2.05) is 0 Å². The lowest BCUT2D eigenvalue weighted by Gasteiger charge is -2.44. The van der Waals surface area contributed by atoms with Crippen molar-refractivity contribution in [3.63, 3.8) is 0 Å². The molecule has 1 atom stereocenters. The van der Waals surface area contributed by atoms with Crippen LogP contribution in [0.1, 0.15) is 74.6 Å². The summed E-state index contributed by atoms with van der Waals surface area (Å²) in [5.74, 6) is 0. The Kier molecular flexibility index (Phi) is 3.19. The summed E-state index contributed by atoms with van der Waals surface area (Å²) in [6, 6.07) is 7.34. The van der Waals surface area contributed by atoms with Crippen molar-refractivity contribution < 1.29 is 0 Å². The van der Waals surface area contributed by atoms with Gasteiger partial charge in [0.1, 0.15) is 0 Å². The van der Waals surface area contributed by atoms with Crippen LogP contribution in [0.15, 0.2) is 18.2 Å². The predicted molar refractivity (Wildman–Crippen MR) is 76.7 cm³/mol. The maximum absolute atomic E-state index is 6.33. The molecule has 0 amide bonds. The van der Waals surface area contributed by atoms with E-state index in [1.54, 1.807) is 5.56 Å². The number of hydrogen-bond acceptors (Lipinski definition) is 1. The van der Waals surface area contributed by atoms with Crippen molar-refractivity contribution in [1.82, 2.24) is 0 Å². The smallest absolute Gasteiger partial charge is 0.0298 e. The number of nitrogens with two attached hydrogens (primary N) is 1. The number of rotatable bonds is 1. The average molecular weight is 243 g/mol. The Morgan fingerprint density at radius 3 is 2.67 bits per heavy atom. The van der Waals surface area contributed by atoms with Crippen LogP contribution in [0.4, 0.5) is 0 Å². The third-order valence-electron chi connectivity index (χ3n) is 5.24. The van der Waals surface area contributed by atoms with E-state index in [-0.39, 0.29) is 6.04 Å². The van der Waals surface area contributed by atoms with Crippen LogP contribution in [0, 0.1) is 0 Å². The van der Waals surface area contributed by atoms with E-state index >= 15 is 0 Å². The van der Waals surface area contributed by atoms with Gasteiger partial charge in [0.05, 0.1) is 0 Å². The van der Waals surface area contributed by atoms with Crippen molar-refractivity contribution in [3.8, 4) is 0 Å². The summed E-state index contributed by atoms with van der Waals surface area (Å²) in [6.07, 6.45) is 10.7. The zero-order valence-corrected chi connectivity index (χ0v) is 11.5. The molecule has 1 fully saturated rings. The quantitative estimate of drug-likeness (QED) is 0.784. The summed E-state index contributed by atoms with van der Waals surface area (Å²) >= 11 is 0. The molecule has 2 N–H and O–H groups in total. The van der Waals surface area contributed by atoms with Gasteiger partial charge in [-0.05, 0) is 54.2 Å². The fourth-order valence-corrected chi connectivity index (χ4v) is 4.08. The molecule has 1 nitrogen and oxygen atoms in total. The fourth-order valence-electron chi connectivity index (χ4n) is 4.08. The van der Waals surface area contributed by atoms with E-state index in [1.165, 1.54) is 56.1 Å². The standard InChI is InChI=1S/C17H25N/c1-2-13-6-7-14-15(12-13)17(11-8-16(14)18)9-4-3-5-10-17/h6-7,12,16H,2-5,8-11,18H2,1H3. The van der Waals surface area contributed by atoms with Gasteiger partial charge in [-0.1, -0.05) is 44.4 Å². The number of aryl methyl sites for hydroxylation is 1. The molecule has 1 aromatic rings. The van der Waals surface area contributed by atoms with Crippen LogP contribution in [0.2, 0.25) is 0 Å². The maximum atomic E-state index is 6.33. The highest BCUT2D eigenvalue weighted by Gasteiger charge is 2.39. The minimum atomic E-state index is 0.276. The molecule has 0 saturated heterocycles. The van der Waals surface area contributed by atoms with Crippen molar-refractivity contribution in [1.29, 1.82) is 0 Å². The Hall–Kier alpha value is -0.820. The molecule has 98 valence electrons. The van der Waals surface area contributed by atoms with Crippen LogP contribution in [0.5, 0.6) is 0 Å². The molecular weight excluding hydrogens is 218 g/mol. The lowest BCUT2D eigenvalue weighted by atomic mass is 9.61. The Balaban J connectivity index is 2.08. The van der Waals surface area contributed by atoms with Crippen LogP contribution in [-0.2, 0) is 11.8 Å². The topological polar surface area (TPSA) is 26.0 Å². The molecule has 3 rings (SSSR count). The largest absolute Gasteiger partial charge is 0.324 e. The SMILES string of the molecule is CCc1ccc2c(c1)C1(CCCCC1)CCC2N. The second kappa shape index (κ2) is 4.70. The van der Waals surface area contributed by atoms with Crippen LogP contribution in [0.25, 0.3) is 0 Å².